The highest BCUT2D eigenvalue weighted by molar-refractivity contribution is 6.24. The van der Waals surface area contributed by atoms with Crippen molar-refractivity contribution in [1.29, 1.82) is 0 Å². The molecule has 0 aliphatic carbocycles. The predicted octanol–water partition coefficient (Wildman–Crippen LogP) is 14.6. The molecule has 6 nitrogen and oxygen atoms in total. The Kier molecular flexibility index (Phi) is 7.80. The standard InChI is InChI=1S/C57H35N5O/c1-4-17-36(18-5-1)39-31-34-49(46(35-39)37-19-6-2-7-20-37)61-47-27-13-10-23-40(47)42-32-33-43-41-24-11-14-28-48(41)62(54(43)53(42)61)57-59-55(38-21-8-3-9-22-38)58-56(60-57)45-26-16-30-51-52(45)44-25-12-15-29-50(44)63-51/h1-35H. The molecule has 13 aromatic rings. The minimum atomic E-state index is 0.530. The number of fused-ring (bicyclic) bond motifs is 10. The monoisotopic (exact) mass is 805 g/mol. The molecule has 4 heterocycles. The largest absolute Gasteiger partial charge is 0.456 e. The molecule has 0 atom stereocenters. The molecule has 0 aliphatic heterocycles. The summed E-state index contributed by atoms with van der Waals surface area (Å²) in [6, 6.07) is 74.5. The molecule has 0 amide bonds. The van der Waals surface area contributed by atoms with Gasteiger partial charge in [0, 0.05) is 49.0 Å². The van der Waals surface area contributed by atoms with Crippen LogP contribution in [0.15, 0.2) is 217 Å². The molecular formula is C57H35N5O. The van der Waals surface area contributed by atoms with Crippen molar-refractivity contribution in [3.05, 3.63) is 212 Å². The highest BCUT2D eigenvalue weighted by Gasteiger charge is 2.25. The zero-order valence-corrected chi connectivity index (χ0v) is 33.9. The molecule has 0 N–H and O–H groups in total. The van der Waals surface area contributed by atoms with Crippen LogP contribution < -0.4 is 0 Å². The molecule has 9 aromatic carbocycles. The van der Waals surface area contributed by atoms with E-state index in [1.54, 1.807) is 0 Å². The third-order valence-corrected chi connectivity index (χ3v) is 12.4. The summed E-state index contributed by atoms with van der Waals surface area (Å²) < 4.78 is 11.1. The van der Waals surface area contributed by atoms with Crippen LogP contribution >= 0.6 is 0 Å². The molecule has 6 heteroatoms. The lowest BCUT2D eigenvalue weighted by Gasteiger charge is -2.17. The van der Waals surface area contributed by atoms with Crippen LogP contribution in [0.3, 0.4) is 0 Å². The van der Waals surface area contributed by atoms with Crippen molar-refractivity contribution in [1.82, 2.24) is 24.1 Å². The van der Waals surface area contributed by atoms with E-state index in [9.17, 15) is 0 Å². The summed E-state index contributed by atoms with van der Waals surface area (Å²) >= 11 is 0. The zero-order chi connectivity index (χ0) is 41.4. The van der Waals surface area contributed by atoms with Gasteiger partial charge in [-0.1, -0.05) is 176 Å². The van der Waals surface area contributed by atoms with Crippen LogP contribution in [0, 0.1) is 0 Å². The summed E-state index contributed by atoms with van der Waals surface area (Å²) in [5.74, 6) is 1.68. The second-order valence-electron chi connectivity index (χ2n) is 16.0. The summed E-state index contributed by atoms with van der Waals surface area (Å²) in [5, 5.41) is 6.51. The van der Waals surface area contributed by atoms with Crippen molar-refractivity contribution < 1.29 is 4.42 Å². The predicted molar refractivity (Wildman–Crippen MR) is 258 cm³/mol. The normalized spacial score (nSPS) is 11.8. The van der Waals surface area contributed by atoms with Gasteiger partial charge in [-0.2, -0.15) is 9.97 Å². The van der Waals surface area contributed by atoms with Crippen molar-refractivity contribution in [2.24, 2.45) is 0 Å². The van der Waals surface area contributed by atoms with E-state index in [1.165, 1.54) is 5.56 Å². The van der Waals surface area contributed by atoms with Gasteiger partial charge < -0.3 is 8.98 Å². The van der Waals surface area contributed by atoms with Gasteiger partial charge >= 0.3 is 0 Å². The van der Waals surface area contributed by atoms with Crippen molar-refractivity contribution in [3.63, 3.8) is 0 Å². The van der Waals surface area contributed by atoms with E-state index in [2.05, 4.69) is 173 Å². The number of benzene rings is 9. The number of rotatable bonds is 6. The molecule has 0 unspecified atom stereocenters. The quantitative estimate of drug-likeness (QED) is 0.168. The molecule has 0 radical (unpaired) electrons. The molecule has 0 saturated carbocycles. The first kappa shape index (κ1) is 35.2. The number of hydrogen-bond donors (Lipinski definition) is 0. The van der Waals surface area contributed by atoms with Gasteiger partial charge in [0.1, 0.15) is 11.2 Å². The first-order valence-electron chi connectivity index (χ1n) is 21.2. The number of nitrogens with zero attached hydrogens (tertiary/aromatic N) is 5. The Bertz CT molecular complexity index is 3900. The van der Waals surface area contributed by atoms with Gasteiger partial charge in [0.15, 0.2) is 11.6 Å². The summed E-state index contributed by atoms with van der Waals surface area (Å²) in [5.41, 5.74) is 13.3. The molecule has 0 aliphatic rings. The van der Waals surface area contributed by atoms with Crippen molar-refractivity contribution in [2.45, 2.75) is 0 Å². The molecule has 13 rings (SSSR count). The van der Waals surface area contributed by atoms with Crippen LogP contribution in [0.2, 0.25) is 0 Å². The number of aromatic nitrogens is 5. The first-order valence-corrected chi connectivity index (χ1v) is 21.2. The average Bonchev–Trinajstić information content (AvgIpc) is 4.02. The minimum Gasteiger partial charge on any atom is -0.456 e. The smallest absolute Gasteiger partial charge is 0.238 e. The lowest BCUT2D eigenvalue weighted by Crippen LogP contribution is -2.07. The van der Waals surface area contributed by atoms with E-state index in [4.69, 9.17) is 19.4 Å². The second kappa shape index (κ2) is 14.0. The molecule has 0 spiro atoms. The molecule has 0 saturated heterocycles. The van der Waals surface area contributed by atoms with E-state index in [-0.39, 0.29) is 0 Å². The zero-order valence-electron chi connectivity index (χ0n) is 33.9. The lowest BCUT2D eigenvalue weighted by molar-refractivity contribution is 0.669. The molecule has 63 heavy (non-hydrogen) atoms. The van der Waals surface area contributed by atoms with Crippen LogP contribution in [0.1, 0.15) is 0 Å². The molecule has 4 aromatic heterocycles. The van der Waals surface area contributed by atoms with Gasteiger partial charge in [-0.05, 0) is 53.1 Å². The van der Waals surface area contributed by atoms with Gasteiger partial charge in [0.25, 0.3) is 0 Å². The van der Waals surface area contributed by atoms with Gasteiger partial charge in [0.05, 0.1) is 27.8 Å². The summed E-state index contributed by atoms with van der Waals surface area (Å²) in [4.78, 5) is 16.1. The fraction of sp³-hybridized carbons (Fsp3) is 0. The van der Waals surface area contributed by atoms with Crippen molar-refractivity contribution in [2.75, 3.05) is 0 Å². The fourth-order valence-corrected chi connectivity index (χ4v) is 9.61. The Hall–Kier alpha value is -8.61. The molecular weight excluding hydrogens is 771 g/mol. The third-order valence-electron chi connectivity index (χ3n) is 12.4. The number of para-hydroxylation sites is 3. The average molecular weight is 806 g/mol. The van der Waals surface area contributed by atoms with Crippen LogP contribution in [0.25, 0.3) is 122 Å². The maximum atomic E-state index is 6.37. The van der Waals surface area contributed by atoms with Gasteiger partial charge in [-0.15, -0.1) is 0 Å². The van der Waals surface area contributed by atoms with Gasteiger partial charge in [-0.25, -0.2) is 4.98 Å². The fourth-order valence-electron chi connectivity index (χ4n) is 9.61. The SMILES string of the molecule is c1ccc(-c2ccc(-n3c4ccccc4c4ccc5c6ccccc6n(-c6nc(-c7ccccc7)nc(-c7cccc8oc9ccccc9c78)n6)c5c43)c(-c3ccccc3)c2)cc1. The maximum absolute atomic E-state index is 6.37. The molecule has 294 valence electrons. The Morgan fingerprint density at radius 3 is 1.60 bits per heavy atom. The van der Waals surface area contributed by atoms with Crippen molar-refractivity contribution in [3.8, 4) is 56.7 Å². The third kappa shape index (κ3) is 5.48. The van der Waals surface area contributed by atoms with E-state index in [1.807, 2.05) is 48.5 Å². The topological polar surface area (TPSA) is 61.7 Å². The van der Waals surface area contributed by atoms with E-state index in [0.717, 1.165) is 99.1 Å². The highest BCUT2D eigenvalue weighted by Crippen LogP contribution is 2.44. The van der Waals surface area contributed by atoms with Crippen LogP contribution in [0.5, 0.6) is 0 Å². The van der Waals surface area contributed by atoms with Gasteiger partial charge in [-0.3, -0.25) is 4.57 Å². The Morgan fingerprint density at radius 1 is 0.333 bits per heavy atom. The number of furan rings is 1. The molecule has 0 fully saturated rings. The minimum absolute atomic E-state index is 0.530. The van der Waals surface area contributed by atoms with Gasteiger partial charge in [0.2, 0.25) is 5.95 Å². The lowest BCUT2D eigenvalue weighted by atomic mass is 9.97. The van der Waals surface area contributed by atoms with E-state index in [0.29, 0.717) is 17.6 Å². The first-order chi connectivity index (χ1) is 31.3. The van der Waals surface area contributed by atoms with E-state index < -0.39 is 0 Å². The van der Waals surface area contributed by atoms with Crippen molar-refractivity contribution >= 4 is 65.6 Å². The van der Waals surface area contributed by atoms with Crippen LogP contribution in [0.4, 0.5) is 0 Å². The Balaban J connectivity index is 1.17. The molecule has 0 bridgehead atoms. The summed E-state index contributed by atoms with van der Waals surface area (Å²) in [7, 11) is 0. The van der Waals surface area contributed by atoms with Crippen LogP contribution in [-0.4, -0.2) is 24.1 Å². The highest BCUT2D eigenvalue weighted by atomic mass is 16.3. The maximum Gasteiger partial charge on any atom is 0.238 e. The summed E-state index contributed by atoms with van der Waals surface area (Å²) in [6.07, 6.45) is 0. The Morgan fingerprint density at radius 2 is 0.889 bits per heavy atom. The second-order valence-corrected chi connectivity index (χ2v) is 16.0. The van der Waals surface area contributed by atoms with E-state index >= 15 is 0 Å². The Labute approximate surface area is 361 Å². The number of hydrogen-bond acceptors (Lipinski definition) is 4. The summed E-state index contributed by atoms with van der Waals surface area (Å²) in [6.45, 7) is 0. The van der Waals surface area contributed by atoms with Crippen LogP contribution in [-0.2, 0) is 0 Å².